The van der Waals surface area contributed by atoms with Crippen molar-refractivity contribution < 1.29 is 14.3 Å². The van der Waals surface area contributed by atoms with Crippen molar-refractivity contribution in [3.63, 3.8) is 0 Å². The first-order valence-corrected chi connectivity index (χ1v) is 8.13. The fourth-order valence-electron chi connectivity index (χ4n) is 3.36. The molecule has 5 nitrogen and oxygen atoms in total. The molecule has 3 rings (SSSR count). The fraction of sp³-hybridized carbons (Fsp3) is 0.588. The second-order valence-corrected chi connectivity index (χ2v) is 6.79. The van der Waals surface area contributed by atoms with Gasteiger partial charge in [-0.15, -0.1) is 0 Å². The van der Waals surface area contributed by atoms with E-state index in [1.165, 1.54) is 24.3 Å². The molecule has 23 heavy (non-hydrogen) atoms. The number of aliphatic hydroxyl groups is 1. The monoisotopic (exact) mass is 321 g/mol. The summed E-state index contributed by atoms with van der Waals surface area (Å²) in [4.78, 5) is 18.7. The second-order valence-electron chi connectivity index (χ2n) is 6.79. The number of nitrogens with zero attached hydrogens (tertiary/aromatic N) is 3. The maximum Gasteiger partial charge on any atom is 0.253 e. The zero-order valence-electron chi connectivity index (χ0n) is 13.5. The maximum absolute atomic E-state index is 13.0. The number of hydrogen-bond donors (Lipinski definition) is 1. The number of likely N-dealkylation sites (N-methyl/N-ethyl adjacent to an activating group) is 1. The Kier molecular flexibility index (Phi) is 4.66. The topological polar surface area (TPSA) is 47.0 Å². The number of halogens is 1. The van der Waals surface area contributed by atoms with Gasteiger partial charge in [-0.1, -0.05) is 0 Å². The van der Waals surface area contributed by atoms with Gasteiger partial charge in [0.25, 0.3) is 5.91 Å². The van der Waals surface area contributed by atoms with Crippen molar-refractivity contribution in [2.24, 2.45) is 0 Å². The molecule has 1 amide bonds. The molecule has 126 valence electrons. The third-order valence-corrected chi connectivity index (χ3v) is 4.82. The Labute approximate surface area is 136 Å². The lowest BCUT2D eigenvalue weighted by Crippen LogP contribution is -2.52. The second kappa shape index (κ2) is 6.55. The number of hydrogen-bond acceptors (Lipinski definition) is 4. The third-order valence-electron chi connectivity index (χ3n) is 4.82. The summed E-state index contributed by atoms with van der Waals surface area (Å²) >= 11 is 0. The van der Waals surface area contributed by atoms with Gasteiger partial charge in [0.05, 0.1) is 12.1 Å². The van der Waals surface area contributed by atoms with Crippen molar-refractivity contribution >= 4 is 5.91 Å². The van der Waals surface area contributed by atoms with Crippen LogP contribution in [0, 0.1) is 5.82 Å². The lowest BCUT2D eigenvalue weighted by molar-refractivity contribution is 0.000524. The molecular formula is C17H24FN3O2. The fourth-order valence-corrected chi connectivity index (χ4v) is 3.36. The SMILES string of the molecule is CN1CCN(C[C@@]2(O)CCN(C(=O)c3ccc(F)cc3)C2)CC1. The molecule has 2 aliphatic heterocycles. The average Bonchev–Trinajstić information content (AvgIpc) is 2.92. The van der Waals surface area contributed by atoms with Crippen LogP contribution < -0.4 is 0 Å². The molecule has 0 aliphatic carbocycles. The van der Waals surface area contributed by atoms with E-state index in [4.69, 9.17) is 0 Å². The molecule has 2 aliphatic rings. The van der Waals surface area contributed by atoms with Gasteiger partial charge in [-0.2, -0.15) is 0 Å². The minimum atomic E-state index is -0.842. The van der Waals surface area contributed by atoms with Crippen molar-refractivity contribution in [3.05, 3.63) is 35.6 Å². The summed E-state index contributed by atoms with van der Waals surface area (Å²) in [7, 11) is 2.10. The quantitative estimate of drug-likeness (QED) is 0.888. The van der Waals surface area contributed by atoms with E-state index in [2.05, 4.69) is 16.8 Å². The van der Waals surface area contributed by atoms with Gasteiger partial charge >= 0.3 is 0 Å². The van der Waals surface area contributed by atoms with Crippen LogP contribution >= 0.6 is 0 Å². The highest BCUT2D eigenvalue weighted by Gasteiger charge is 2.40. The Hall–Kier alpha value is -1.50. The summed E-state index contributed by atoms with van der Waals surface area (Å²) in [5.74, 6) is -0.492. The largest absolute Gasteiger partial charge is 0.387 e. The first kappa shape index (κ1) is 16.4. The highest BCUT2D eigenvalue weighted by atomic mass is 19.1. The van der Waals surface area contributed by atoms with Gasteiger partial charge in [-0.25, -0.2) is 4.39 Å². The van der Waals surface area contributed by atoms with E-state index >= 15 is 0 Å². The molecule has 2 heterocycles. The molecule has 2 saturated heterocycles. The van der Waals surface area contributed by atoms with Gasteiger partial charge in [-0.3, -0.25) is 9.69 Å². The number of piperazine rings is 1. The molecule has 1 atom stereocenters. The van der Waals surface area contributed by atoms with Crippen molar-refractivity contribution in [1.29, 1.82) is 0 Å². The number of rotatable bonds is 3. The molecular weight excluding hydrogens is 297 g/mol. The predicted molar refractivity (Wildman–Crippen MR) is 85.8 cm³/mol. The van der Waals surface area contributed by atoms with Crippen molar-refractivity contribution in [2.75, 3.05) is 52.9 Å². The summed E-state index contributed by atoms with van der Waals surface area (Å²) in [6.45, 7) is 5.40. The number of likely N-dealkylation sites (tertiary alicyclic amines) is 1. The van der Waals surface area contributed by atoms with E-state index in [9.17, 15) is 14.3 Å². The minimum absolute atomic E-state index is 0.140. The van der Waals surface area contributed by atoms with Gasteiger partial charge in [0, 0.05) is 44.8 Å². The van der Waals surface area contributed by atoms with Gasteiger partial charge in [0.15, 0.2) is 0 Å². The van der Waals surface area contributed by atoms with Crippen molar-refractivity contribution in [1.82, 2.24) is 14.7 Å². The molecule has 0 unspecified atom stereocenters. The van der Waals surface area contributed by atoms with Crippen LogP contribution in [0.1, 0.15) is 16.8 Å². The van der Waals surface area contributed by atoms with Crippen LogP contribution in [0.4, 0.5) is 4.39 Å². The first-order chi connectivity index (χ1) is 11.0. The zero-order valence-corrected chi connectivity index (χ0v) is 13.5. The summed E-state index contributed by atoms with van der Waals surface area (Å²) in [5, 5.41) is 10.8. The minimum Gasteiger partial charge on any atom is -0.387 e. The molecule has 0 spiro atoms. The Morgan fingerprint density at radius 3 is 2.48 bits per heavy atom. The van der Waals surface area contributed by atoms with E-state index in [0.29, 0.717) is 31.6 Å². The molecule has 6 heteroatoms. The van der Waals surface area contributed by atoms with E-state index in [-0.39, 0.29) is 11.7 Å². The van der Waals surface area contributed by atoms with Crippen molar-refractivity contribution in [2.45, 2.75) is 12.0 Å². The Morgan fingerprint density at radius 2 is 1.83 bits per heavy atom. The summed E-state index contributed by atoms with van der Waals surface area (Å²) in [6, 6.07) is 5.57. The highest BCUT2D eigenvalue weighted by Crippen LogP contribution is 2.24. The van der Waals surface area contributed by atoms with E-state index in [0.717, 1.165) is 26.2 Å². The van der Waals surface area contributed by atoms with E-state index < -0.39 is 5.60 Å². The number of carbonyl (C=O) groups excluding carboxylic acids is 1. The molecule has 1 N–H and O–H groups in total. The van der Waals surface area contributed by atoms with Gasteiger partial charge in [0.1, 0.15) is 5.82 Å². The van der Waals surface area contributed by atoms with Crippen LogP contribution in [-0.4, -0.2) is 84.2 Å². The standard InChI is InChI=1S/C17H24FN3O2/c1-19-8-10-20(11-9-19)12-17(23)6-7-21(13-17)16(22)14-2-4-15(18)5-3-14/h2-5,23H,6-13H2,1H3/t17-/m0/s1. The first-order valence-electron chi connectivity index (χ1n) is 8.13. The van der Waals surface area contributed by atoms with E-state index in [1.807, 2.05) is 0 Å². The summed E-state index contributed by atoms with van der Waals surface area (Å²) in [5.41, 5.74) is -0.374. The smallest absolute Gasteiger partial charge is 0.253 e. The number of carbonyl (C=O) groups is 1. The van der Waals surface area contributed by atoms with Crippen LogP contribution in [0.5, 0.6) is 0 Å². The predicted octanol–water partition coefficient (Wildman–Crippen LogP) is 0.650. The van der Waals surface area contributed by atoms with Crippen molar-refractivity contribution in [3.8, 4) is 0 Å². The van der Waals surface area contributed by atoms with Gasteiger partial charge < -0.3 is 14.9 Å². The molecule has 0 saturated carbocycles. The maximum atomic E-state index is 13.0. The molecule has 1 aromatic carbocycles. The highest BCUT2D eigenvalue weighted by molar-refractivity contribution is 5.94. The van der Waals surface area contributed by atoms with Crippen LogP contribution in [0.15, 0.2) is 24.3 Å². The summed E-state index contributed by atoms with van der Waals surface area (Å²) in [6.07, 6.45) is 0.590. The molecule has 0 aromatic heterocycles. The number of β-amino-alcohol motifs (C(OH)–C–C–N with tert-alkyl or cyclic N) is 1. The molecule has 2 fully saturated rings. The Bertz CT molecular complexity index is 557. The number of benzene rings is 1. The van der Waals surface area contributed by atoms with Gasteiger partial charge in [0.2, 0.25) is 0 Å². The average molecular weight is 321 g/mol. The van der Waals surface area contributed by atoms with Crippen LogP contribution in [0.2, 0.25) is 0 Å². The number of amides is 1. The van der Waals surface area contributed by atoms with Crippen LogP contribution in [0.3, 0.4) is 0 Å². The normalized spacial score (nSPS) is 26.7. The van der Waals surface area contributed by atoms with Crippen LogP contribution in [-0.2, 0) is 0 Å². The Morgan fingerprint density at radius 1 is 1.17 bits per heavy atom. The molecule has 0 bridgehead atoms. The Balaban J connectivity index is 1.58. The summed E-state index contributed by atoms with van der Waals surface area (Å²) < 4.78 is 13.0. The lowest BCUT2D eigenvalue weighted by Gasteiger charge is -2.36. The molecule has 1 aromatic rings. The molecule has 0 radical (unpaired) electrons. The van der Waals surface area contributed by atoms with E-state index in [1.54, 1.807) is 4.90 Å². The third kappa shape index (κ3) is 3.88. The van der Waals surface area contributed by atoms with Crippen LogP contribution in [0.25, 0.3) is 0 Å². The van der Waals surface area contributed by atoms with Gasteiger partial charge in [-0.05, 0) is 37.7 Å². The zero-order chi connectivity index (χ0) is 16.4. The lowest BCUT2D eigenvalue weighted by atomic mass is 10.0.